The molecule has 1 aliphatic rings. The Labute approximate surface area is 141 Å². The highest BCUT2D eigenvalue weighted by molar-refractivity contribution is 8.14. The van der Waals surface area contributed by atoms with E-state index in [-0.39, 0.29) is 5.37 Å². The minimum absolute atomic E-state index is 0.0593. The number of hydrogen-bond acceptors (Lipinski definition) is 5. The van der Waals surface area contributed by atoms with E-state index in [1.54, 1.807) is 11.8 Å². The zero-order valence-corrected chi connectivity index (χ0v) is 14.2. The van der Waals surface area contributed by atoms with Gasteiger partial charge in [-0.3, -0.25) is 5.43 Å². The van der Waals surface area contributed by atoms with Crippen molar-refractivity contribution < 1.29 is 5.11 Å². The van der Waals surface area contributed by atoms with Gasteiger partial charge in [-0.2, -0.15) is 5.10 Å². The summed E-state index contributed by atoms with van der Waals surface area (Å²) in [6, 6.07) is 16.0. The largest absolute Gasteiger partial charge is 0.507 e. The summed E-state index contributed by atoms with van der Waals surface area (Å²) in [5.74, 6) is 0.309. The third kappa shape index (κ3) is 3.29. The maximum Gasteiger partial charge on any atom is 0.126 e. The van der Waals surface area contributed by atoms with Gasteiger partial charge in [-0.05, 0) is 19.9 Å². The fraction of sp³-hybridized carbons (Fsp3) is 0.278. The van der Waals surface area contributed by atoms with Gasteiger partial charge in [-0.15, -0.1) is 0 Å². The van der Waals surface area contributed by atoms with Gasteiger partial charge >= 0.3 is 0 Å². The van der Waals surface area contributed by atoms with E-state index in [1.807, 2.05) is 42.5 Å². The van der Waals surface area contributed by atoms with Crippen LogP contribution < -0.4 is 10.3 Å². The van der Waals surface area contributed by atoms with Gasteiger partial charge in [0.1, 0.15) is 16.2 Å². The number of nitrogens with zero attached hydrogens (tertiary/aromatic N) is 2. The molecule has 0 radical (unpaired) electrons. The maximum atomic E-state index is 10.4. The van der Waals surface area contributed by atoms with Crippen molar-refractivity contribution in [3.05, 3.63) is 59.7 Å². The monoisotopic (exact) mass is 327 g/mol. The van der Waals surface area contributed by atoms with Crippen LogP contribution >= 0.6 is 11.8 Å². The molecule has 120 valence electrons. The molecule has 0 spiro atoms. The summed E-state index contributed by atoms with van der Waals surface area (Å²) in [6.07, 6.45) is 0. The van der Waals surface area contributed by atoms with E-state index in [2.05, 4.69) is 35.3 Å². The van der Waals surface area contributed by atoms with Gasteiger partial charge in [0, 0.05) is 36.0 Å². The number of thioether (sulfide) groups is 1. The highest BCUT2D eigenvalue weighted by Gasteiger charge is 2.24. The van der Waals surface area contributed by atoms with Crippen molar-refractivity contribution in [1.82, 2.24) is 5.43 Å². The Morgan fingerprint density at radius 3 is 2.52 bits per heavy atom. The quantitative estimate of drug-likeness (QED) is 0.873. The number of phenols is 1. The minimum Gasteiger partial charge on any atom is -0.507 e. The lowest BCUT2D eigenvalue weighted by molar-refractivity contribution is 0.464. The first kappa shape index (κ1) is 15.7. The molecule has 1 atom stereocenters. The summed E-state index contributed by atoms with van der Waals surface area (Å²) in [5, 5.41) is 15.7. The number of rotatable bonds is 5. The number of nitrogens with one attached hydrogen (secondary N) is 1. The average Bonchev–Trinajstić information content (AvgIpc) is 3.07. The lowest BCUT2D eigenvalue weighted by Gasteiger charge is -2.22. The molecule has 0 saturated carbocycles. The van der Waals surface area contributed by atoms with Gasteiger partial charge in [-0.25, -0.2) is 0 Å². The molecule has 3 rings (SSSR count). The third-order valence-electron chi connectivity index (χ3n) is 3.96. The molecule has 0 aliphatic carbocycles. The first-order valence-electron chi connectivity index (χ1n) is 7.86. The predicted molar refractivity (Wildman–Crippen MR) is 98.1 cm³/mol. The standard InChI is InChI=1S/C18H21N3OS/c1-3-21(4-2)14-10-11-15(16(22)12-14)18-20-19-17(23-18)13-8-6-5-7-9-13/h5-12,18,20,22H,3-4H2,1-2H3/t18-/m0/s1. The van der Waals surface area contributed by atoms with E-state index in [0.29, 0.717) is 5.75 Å². The summed E-state index contributed by atoms with van der Waals surface area (Å²) >= 11 is 1.62. The van der Waals surface area contributed by atoms with Crippen molar-refractivity contribution in [3.63, 3.8) is 0 Å². The van der Waals surface area contributed by atoms with Crippen LogP contribution in [0.3, 0.4) is 0 Å². The van der Waals surface area contributed by atoms with Crippen LogP contribution in [-0.4, -0.2) is 23.2 Å². The zero-order chi connectivity index (χ0) is 16.2. The molecule has 1 aliphatic heterocycles. The number of anilines is 1. The van der Waals surface area contributed by atoms with Crippen molar-refractivity contribution in [1.29, 1.82) is 0 Å². The molecule has 0 unspecified atom stereocenters. The fourth-order valence-electron chi connectivity index (χ4n) is 2.67. The third-order valence-corrected chi connectivity index (χ3v) is 5.10. The highest BCUT2D eigenvalue weighted by atomic mass is 32.2. The maximum absolute atomic E-state index is 10.4. The van der Waals surface area contributed by atoms with E-state index in [9.17, 15) is 5.11 Å². The Kier molecular flexibility index (Phi) is 4.76. The molecule has 23 heavy (non-hydrogen) atoms. The molecular weight excluding hydrogens is 306 g/mol. The molecule has 0 saturated heterocycles. The molecule has 2 N–H and O–H groups in total. The van der Waals surface area contributed by atoms with E-state index >= 15 is 0 Å². The van der Waals surface area contributed by atoms with Gasteiger partial charge in [0.25, 0.3) is 0 Å². The van der Waals surface area contributed by atoms with Crippen LogP contribution in [0.2, 0.25) is 0 Å². The Morgan fingerprint density at radius 1 is 1.13 bits per heavy atom. The van der Waals surface area contributed by atoms with Crippen molar-refractivity contribution in [2.24, 2.45) is 5.10 Å². The first-order valence-corrected chi connectivity index (χ1v) is 8.74. The van der Waals surface area contributed by atoms with Gasteiger partial charge in [0.2, 0.25) is 0 Å². The van der Waals surface area contributed by atoms with Crippen LogP contribution in [0, 0.1) is 0 Å². The molecule has 0 aromatic heterocycles. The van der Waals surface area contributed by atoms with E-state index < -0.39 is 0 Å². The van der Waals surface area contributed by atoms with Crippen LogP contribution in [0.4, 0.5) is 5.69 Å². The van der Waals surface area contributed by atoms with Crippen LogP contribution in [0.25, 0.3) is 0 Å². The average molecular weight is 327 g/mol. The Balaban J connectivity index is 1.77. The second-order valence-electron chi connectivity index (χ2n) is 5.33. The number of benzene rings is 2. The molecule has 2 aromatic rings. The topological polar surface area (TPSA) is 47.9 Å². The van der Waals surface area contributed by atoms with Crippen LogP contribution in [0.5, 0.6) is 5.75 Å². The molecule has 1 heterocycles. The summed E-state index contributed by atoms with van der Waals surface area (Å²) in [4.78, 5) is 2.21. The fourth-order valence-corrected chi connectivity index (χ4v) is 3.70. The number of aromatic hydroxyl groups is 1. The number of hydrazone groups is 1. The Bertz CT molecular complexity index is 699. The number of hydrogen-bond donors (Lipinski definition) is 2. The van der Waals surface area contributed by atoms with Crippen LogP contribution in [0.1, 0.15) is 30.3 Å². The Morgan fingerprint density at radius 2 is 1.87 bits per heavy atom. The lowest BCUT2D eigenvalue weighted by Crippen LogP contribution is -2.21. The predicted octanol–water partition coefficient (Wildman–Crippen LogP) is 3.94. The van der Waals surface area contributed by atoms with Gasteiger partial charge in [0.15, 0.2) is 0 Å². The summed E-state index contributed by atoms with van der Waals surface area (Å²) < 4.78 is 0. The van der Waals surface area contributed by atoms with E-state index in [0.717, 1.165) is 34.9 Å². The molecule has 5 heteroatoms. The zero-order valence-electron chi connectivity index (χ0n) is 13.4. The highest BCUT2D eigenvalue weighted by Crippen LogP contribution is 2.39. The molecular formula is C18H21N3OS. The van der Waals surface area contributed by atoms with Gasteiger partial charge in [-0.1, -0.05) is 48.2 Å². The normalized spacial score (nSPS) is 16.8. The second-order valence-corrected chi connectivity index (χ2v) is 6.42. The van der Waals surface area contributed by atoms with Crippen molar-refractivity contribution >= 4 is 22.5 Å². The SMILES string of the molecule is CCN(CC)c1ccc([C@H]2NN=C(c3ccccc3)S2)c(O)c1. The summed E-state index contributed by atoms with van der Waals surface area (Å²) in [7, 11) is 0. The van der Waals surface area contributed by atoms with Crippen molar-refractivity contribution in [2.45, 2.75) is 19.2 Å². The smallest absolute Gasteiger partial charge is 0.126 e. The van der Waals surface area contributed by atoms with Crippen molar-refractivity contribution in [2.75, 3.05) is 18.0 Å². The summed E-state index contributed by atoms with van der Waals surface area (Å²) in [6.45, 7) is 6.07. The molecule has 0 amide bonds. The summed E-state index contributed by atoms with van der Waals surface area (Å²) in [5.41, 5.74) is 6.11. The number of phenolic OH excluding ortho intramolecular Hbond substituents is 1. The van der Waals surface area contributed by atoms with Crippen LogP contribution in [-0.2, 0) is 0 Å². The molecule has 2 aromatic carbocycles. The van der Waals surface area contributed by atoms with Gasteiger partial charge < -0.3 is 10.0 Å². The lowest BCUT2D eigenvalue weighted by atomic mass is 10.1. The molecule has 0 fully saturated rings. The van der Waals surface area contributed by atoms with E-state index in [4.69, 9.17) is 0 Å². The second kappa shape index (κ2) is 6.96. The first-order chi connectivity index (χ1) is 11.2. The van der Waals surface area contributed by atoms with Crippen molar-refractivity contribution in [3.8, 4) is 5.75 Å². The molecule has 0 bridgehead atoms. The Hall–Kier alpha value is -2.14. The minimum atomic E-state index is -0.0593. The van der Waals surface area contributed by atoms with Gasteiger partial charge in [0.05, 0.1) is 0 Å². The van der Waals surface area contributed by atoms with E-state index in [1.165, 1.54) is 0 Å². The molecule has 4 nitrogen and oxygen atoms in total. The van der Waals surface area contributed by atoms with Crippen LogP contribution in [0.15, 0.2) is 53.6 Å².